The second kappa shape index (κ2) is 6.33. The number of rotatable bonds is 5. The molecule has 1 unspecified atom stereocenters. The van der Waals surface area contributed by atoms with Gasteiger partial charge < -0.3 is 4.90 Å². The first kappa shape index (κ1) is 18.2. The smallest absolute Gasteiger partial charge is 0.229 e. The summed E-state index contributed by atoms with van der Waals surface area (Å²) in [5.41, 5.74) is 5.20. The molecule has 5 rings (SSSR count). The monoisotopic (exact) mass is 396 g/mol. The number of sulfonamides is 1. The van der Waals surface area contributed by atoms with Gasteiger partial charge in [-0.05, 0) is 59.4 Å². The zero-order valence-corrected chi connectivity index (χ0v) is 17.4. The summed E-state index contributed by atoms with van der Waals surface area (Å²) in [6.45, 7) is 5.88. The zero-order chi connectivity index (χ0) is 19.5. The third kappa shape index (κ3) is 3.15. The summed E-state index contributed by atoms with van der Waals surface area (Å²) in [4.78, 5) is 2.66. The van der Waals surface area contributed by atoms with Crippen molar-refractivity contribution in [2.24, 2.45) is 17.8 Å². The summed E-state index contributed by atoms with van der Waals surface area (Å²) in [5, 5.41) is 0. The van der Waals surface area contributed by atoms with Crippen molar-refractivity contribution in [3.8, 4) is 0 Å². The van der Waals surface area contributed by atoms with Gasteiger partial charge in [0.2, 0.25) is 10.0 Å². The van der Waals surface area contributed by atoms with E-state index in [4.69, 9.17) is 0 Å². The van der Waals surface area contributed by atoms with E-state index in [1.165, 1.54) is 42.3 Å². The third-order valence-corrected chi connectivity index (χ3v) is 7.87. The molecule has 2 aromatic carbocycles. The molecule has 3 atom stereocenters. The van der Waals surface area contributed by atoms with E-state index in [1.807, 2.05) is 18.2 Å². The summed E-state index contributed by atoms with van der Waals surface area (Å²) in [6.07, 6.45) is 3.64. The number of likely N-dealkylation sites (tertiary alicyclic amines) is 1. The van der Waals surface area contributed by atoms with E-state index in [0.29, 0.717) is 17.5 Å². The van der Waals surface area contributed by atoms with Gasteiger partial charge in [0, 0.05) is 30.7 Å². The summed E-state index contributed by atoms with van der Waals surface area (Å²) in [6, 6.07) is 16.9. The molecule has 4 nitrogen and oxygen atoms in total. The summed E-state index contributed by atoms with van der Waals surface area (Å²) >= 11 is 0. The van der Waals surface area contributed by atoms with E-state index >= 15 is 0 Å². The molecule has 0 spiro atoms. The average molecular weight is 397 g/mol. The second-order valence-electron chi connectivity index (χ2n) is 9.21. The van der Waals surface area contributed by atoms with Crippen molar-refractivity contribution in [1.29, 1.82) is 0 Å². The molecule has 1 saturated carbocycles. The molecule has 0 radical (unpaired) electrons. The molecule has 2 fully saturated rings. The number of benzene rings is 2. The average Bonchev–Trinajstić information content (AvgIpc) is 2.99. The topological polar surface area (TPSA) is 49.4 Å². The maximum Gasteiger partial charge on any atom is 0.229 e. The highest BCUT2D eigenvalue weighted by Gasteiger charge is 2.65. The van der Waals surface area contributed by atoms with Crippen LogP contribution in [-0.2, 0) is 28.3 Å². The van der Waals surface area contributed by atoms with Crippen molar-refractivity contribution in [3.63, 3.8) is 0 Å². The van der Waals surface area contributed by atoms with E-state index in [-0.39, 0.29) is 5.41 Å². The van der Waals surface area contributed by atoms with Gasteiger partial charge in [-0.3, -0.25) is 4.72 Å². The van der Waals surface area contributed by atoms with Gasteiger partial charge in [0.1, 0.15) is 0 Å². The highest BCUT2D eigenvalue weighted by atomic mass is 32.2. The van der Waals surface area contributed by atoms with Crippen LogP contribution in [0.2, 0.25) is 0 Å². The maximum absolute atomic E-state index is 11.5. The van der Waals surface area contributed by atoms with Gasteiger partial charge in [-0.1, -0.05) is 43.3 Å². The molecule has 3 aliphatic rings. The molecule has 2 aliphatic carbocycles. The highest BCUT2D eigenvalue weighted by Crippen LogP contribution is 2.63. The van der Waals surface area contributed by atoms with Crippen molar-refractivity contribution < 1.29 is 8.42 Å². The fourth-order valence-electron chi connectivity index (χ4n) is 5.82. The normalized spacial score (nSPS) is 29.5. The first-order valence-corrected chi connectivity index (χ1v) is 12.1. The minimum atomic E-state index is -3.24. The van der Waals surface area contributed by atoms with E-state index in [1.54, 1.807) is 0 Å². The molecule has 1 N–H and O–H groups in total. The molecule has 0 amide bonds. The van der Waals surface area contributed by atoms with E-state index in [9.17, 15) is 8.42 Å². The maximum atomic E-state index is 11.5. The lowest BCUT2D eigenvalue weighted by molar-refractivity contribution is 0.238. The Morgan fingerprint density at radius 1 is 1.04 bits per heavy atom. The Bertz CT molecular complexity index is 980. The number of hydrogen-bond donors (Lipinski definition) is 1. The first-order valence-electron chi connectivity index (χ1n) is 10.2. The molecule has 0 aromatic heterocycles. The van der Waals surface area contributed by atoms with Crippen molar-refractivity contribution >= 4 is 15.7 Å². The van der Waals surface area contributed by atoms with Crippen LogP contribution in [0.4, 0.5) is 5.69 Å². The van der Waals surface area contributed by atoms with E-state index in [2.05, 4.69) is 46.9 Å². The Morgan fingerprint density at radius 3 is 2.29 bits per heavy atom. The Kier molecular flexibility index (Phi) is 4.11. The Morgan fingerprint density at radius 2 is 1.68 bits per heavy atom. The lowest BCUT2D eigenvalue weighted by atomic mass is 9.91. The summed E-state index contributed by atoms with van der Waals surface area (Å²) in [5.74, 6) is 2.12. The third-order valence-electron chi connectivity index (χ3n) is 7.27. The van der Waals surface area contributed by atoms with Gasteiger partial charge in [0.15, 0.2) is 0 Å². The fraction of sp³-hybridized carbons (Fsp3) is 0.478. The van der Waals surface area contributed by atoms with Crippen molar-refractivity contribution in [1.82, 2.24) is 4.90 Å². The van der Waals surface area contributed by atoms with Crippen molar-refractivity contribution in [2.45, 2.75) is 25.2 Å². The Hall–Kier alpha value is -1.85. The number of nitrogens with one attached hydrogen (secondary N) is 1. The van der Waals surface area contributed by atoms with Gasteiger partial charge in [-0.25, -0.2) is 8.42 Å². The molecular weight excluding hydrogens is 368 g/mol. The minimum absolute atomic E-state index is 0.185. The number of fused-ring (bicyclic) bond motifs is 2. The Balaban J connectivity index is 1.22. The quantitative estimate of drug-likeness (QED) is 0.844. The molecule has 1 heterocycles. The van der Waals surface area contributed by atoms with Gasteiger partial charge in [-0.2, -0.15) is 0 Å². The number of hydrogen-bond acceptors (Lipinski definition) is 3. The van der Waals surface area contributed by atoms with Gasteiger partial charge in [0.05, 0.1) is 6.26 Å². The molecule has 5 heteroatoms. The van der Waals surface area contributed by atoms with Crippen LogP contribution in [0.25, 0.3) is 0 Å². The van der Waals surface area contributed by atoms with Crippen molar-refractivity contribution in [2.75, 3.05) is 30.6 Å². The zero-order valence-electron chi connectivity index (χ0n) is 16.6. The van der Waals surface area contributed by atoms with Crippen LogP contribution in [0.1, 0.15) is 23.6 Å². The van der Waals surface area contributed by atoms with Crippen LogP contribution < -0.4 is 4.72 Å². The standard InChI is InChI=1S/C23H28N2O2S/c1-23(19-8-5-9-20(12-19)24-28(2,26)27)21-14-25(15-22(21)23)13-16-10-17-6-3-4-7-18(17)11-16/h3-9,12,16,21-22,24H,10-11,13-15H2,1-2H3/t21-,22+,23?. The first-order chi connectivity index (χ1) is 13.3. The summed E-state index contributed by atoms with van der Waals surface area (Å²) in [7, 11) is -3.24. The number of piperidine rings is 1. The summed E-state index contributed by atoms with van der Waals surface area (Å²) < 4.78 is 25.7. The number of anilines is 1. The molecule has 0 bridgehead atoms. The fourth-order valence-corrected chi connectivity index (χ4v) is 6.37. The lowest BCUT2D eigenvalue weighted by Crippen LogP contribution is -2.33. The van der Waals surface area contributed by atoms with Gasteiger partial charge in [0.25, 0.3) is 0 Å². The van der Waals surface area contributed by atoms with Crippen LogP contribution in [0.5, 0.6) is 0 Å². The minimum Gasteiger partial charge on any atom is -0.302 e. The number of nitrogens with zero attached hydrogens (tertiary/aromatic N) is 1. The molecule has 148 valence electrons. The highest BCUT2D eigenvalue weighted by molar-refractivity contribution is 7.92. The van der Waals surface area contributed by atoms with Crippen LogP contribution >= 0.6 is 0 Å². The molecule has 2 aromatic rings. The van der Waals surface area contributed by atoms with E-state index < -0.39 is 10.0 Å². The van der Waals surface area contributed by atoms with E-state index in [0.717, 1.165) is 19.0 Å². The van der Waals surface area contributed by atoms with Gasteiger partial charge in [-0.15, -0.1) is 0 Å². The lowest BCUT2D eigenvalue weighted by Gasteiger charge is -2.27. The Labute approximate surface area is 168 Å². The van der Waals surface area contributed by atoms with Crippen LogP contribution in [0.3, 0.4) is 0 Å². The van der Waals surface area contributed by atoms with Gasteiger partial charge >= 0.3 is 0 Å². The molecule has 1 saturated heterocycles. The predicted molar refractivity (Wildman–Crippen MR) is 113 cm³/mol. The molecule has 28 heavy (non-hydrogen) atoms. The second-order valence-corrected chi connectivity index (χ2v) is 11.0. The van der Waals surface area contributed by atoms with Crippen LogP contribution in [-0.4, -0.2) is 39.2 Å². The molecule has 1 aliphatic heterocycles. The largest absolute Gasteiger partial charge is 0.302 e. The predicted octanol–water partition coefficient (Wildman–Crippen LogP) is 3.29. The van der Waals surface area contributed by atoms with Crippen LogP contribution in [0.15, 0.2) is 48.5 Å². The van der Waals surface area contributed by atoms with Crippen LogP contribution in [0, 0.1) is 17.8 Å². The SMILES string of the molecule is CC1(c2cccc(NS(C)(=O)=O)c2)[C@@H]2CN(CC3Cc4ccccc4C3)C[C@@H]21. The molecular formula is C23H28N2O2S. The van der Waals surface area contributed by atoms with Crippen molar-refractivity contribution in [3.05, 3.63) is 65.2 Å².